The minimum Gasteiger partial charge on any atom is -0.441 e. The highest BCUT2D eigenvalue weighted by Crippen LogP contribution is 2.31. The van der Waals surface area contributed by atoms with Crippen molar-refractivity contribution in [1.82, 2.24) is 15.6 Å². The zero-order valence-electron chi connectivity index (χ0n) is 17.4. The van der Waals surface area contributed by atoms with Crippen molar-refractivity contribution in [3.8, 4) is 0 Å². The number of hydrogen-bond donors (Lipinski definition) is 2. The highest BCUT2D eigenvalue weighted by Gasteiger charge is 2.43. The summed E-state index contributed by atoms with van der Waals surface area (Å²) in [6.07, 6.45) is 4.97. The molecule has 3 rings (SSSR count). The van der Waals surface area contributed by atoms with Gasteiger partial charge in [0.25, 0.3) is 0 Å². The monoisotopic (exact) mass is 463 g/mol. The molecule has 0 bridgehead atoms. The van der Waals surface area contributed by atoms with Gasteiger partial charge in [0.2, 0.25) is 11.8 Å². The summed E-state index contributed by atoms with van der Waals surface area (Å²) in [5.74, 6) is 0.666. The number of nitrogens with zero attached hydrogens (tertiary/aromatic N) is 1. The molecule has 2 amide bonds. The third-order valence-corrected chi connectivity index (χ3v) is 7.05. The first-order valence-corrected chi connectivity index (χ1v) is 11.3. The summed E-state index contributed by atoms with van der Waals surface area (Å²) in [6, 6.07) is 6.03. The largest absolute Gasteiger partial charge is 0.441 e. The molecule has 1 fully saturated rings. The molecule has 6 nitrogen and oxygen atoms in total. The Hall–Kier alpha value is -1.89. The number of hydrogen-bond acceptors (Lipinski definition) is 4. The van der Waals surface area contributed by atoms with E-state index < -0.39 is 5.54 Å². The molecule has 1 heterocycles. The Balaban J connectivity index is 1.52. The van der Waals surface area contributed by atoms with Crippen LogP contribution < -0.4 is 10.6 Å². The topological polar surface area (TPSA) is 84.2 Å². The second-order valence-electron chi connectivity index (χ2n) is 8.32. The van der Waals surface area contributed by atoms with E-state index >= 15 is 0 Å². The van der Waals surface area contributed by atoms with Crippen LogP contribution in [0.25, 0.3) is 11.1 Å². The maximum Gasteiger partial charge on any atom is 0.245 e. The molecule has 29 heavy (non-hydrogen) atoms. The molecule has 1 atom stereocenters. The number of carbonyl (C=O) groups is 2. The Morgan fingerprint density at radius 1 is 1.28 bits per heavy atom. The highest BCUT2D eigenvalue weighted by atomic mass is 79.9. The molecule has 0 saturated heterocycles. The lowest BCUT2D eigenvalue weighted by molar-refractivity contribution is -0.133. The minimum absolute atomic E-state index is 0.0619. The van der Waals surface area contributed by atoms with Crippen molar-refractivity contribution < 1.29 is 14.0 Å². The predicted molar refractivity (Wildman–Crippen MR) is 117 cm³/mol. The molecular weight excluding hydrogens is 434 g/mol. The summed E-state index contributed by atoms with van der Waals surface area (Å²) in [7, 11) is 0. The average Bonchev–Trinajstić information content (AvgIpc) is 3.30. The number of aryl methyl sites for hydroxylation is 2. The zero-order chi connectivity index (χ0) is 21.0. The van der Waals surface area contributed by atoms with Gasteiger partial charge in [-0.15, -0.1) is 0 Å². The second kappa shape index (κ2) is 9.28. The number of alkyl halides is 1. The smallest absolute Gasteiger partial charge is 0.245 e. The van der Waals surface area contributed by atoms with Crippen LogP contribution in [-0.2, 0) is 16.0 Å². The van der Waals surface area contributed by atoms with Gasteiger partial charge >= 0.3 is 0 Å². The maximum atomic E-state index is 12.9. The molecule has 1 aromatic heterocycles. The first-order chi connectivity index (χ1) is 13.8. The quantitative estimate of drug-likeness (QED) is 0.457. The van der Waals surface area contributed by atoms with Gasteiger partial charge in [0, 0.05) is 13.5 Å². The summed E-state index contributed by atoms with van der Waals surface area (Å²) < 4.78 is 5.58. The van der Waals surface area contributed by atoms with Crippen LogP contribution in [0, 0.1) is 12.8 Å². The Labute approximate surface area is 180 Å². The highest BCUT2D eigenvalue weighted by molar-refractivity contribution is 9.10. The third-order valence-electron chi connectivity index (χ3n) is 5.58. The number of fused-ring (bicyclic) bond motifs is 1. The van der Waals surface area contributed by atoms with Gasteiger partial charge < -0.3 is 15.1 Å². The first-order valence-electron chi connectivity index (χ1n) is 10.4. The van der Waals surface area contributed by atoms with Gasteiger partial charge in [-0.1, -0.05) is 48.7 Å². The number of carbonyl (C=O) groups excluding carboxylic acids is 2. The van der Waals surface area contributed by atoms with E-state index in [2.05, 4.69) is 31.5 Å². The molecule has 1 aliphatic carbocycles. The van der Waals surface area contributed by atoms with E-state index in [1.165, 1.54) is 0 Å². The van der Waals surface area contributed by atoms with E-state index in [4.69, 9.17) is 4.42 Å². The molecule has 2 aromatic rings. The number of amides is 2. The van der Waals surface area contributed by atoms with Gasteiger partial charge in [-0.05, 0) is 49.3 Å². The number of halogens is 1. The van der Waals surface area contributed by atoms with E-state index in [9.17, 15) is 9.59 Å². The molecular formula is C22H30BrN3O3. The van der Waals surface area contributed by atoms with Gasteiger partial charge in [-0.25, -0.2) is 4.98 Å². The number of aromatic nitrogens is 1. The fraction of sp³-hybridized carbons (Fsp3) is 0.591. The van der Waals surface area contributed by atoms with Crippen molar-refractivity contribution in [2.45, 2.75) is 69.7 Å². The van der Waals surface area contributed by atoms with Gasteiger partial charge in [0.1, 0.15) is 11.1 Å². The first kappa shape index (κ1) is 21.8. The summed E-state index contributed by atoms with van der Waals surface area (Å²) in [4.78, 5) is 29.5. The summed E-state index contributed by atoms with van der Waals surface area (Å²) >= 11 is 3.44. The van der Waals surface area contributed by atoms with Crippen molar-refractivity contribution >= 4 is 38.8 Å². The van der Waals surface area contributed by atoms with Crippen LogP contribution in [0.15, 0.2) is 22.6 Å². The Bertz CT molecular complexity index is 871. The summed E-state index contributed by atoms with van der Waals surface area (Å²) in [6.45, 7) is 6.38. The van der Waals surface area contributed by atoms with Crippen molar-refractivity contribution in [2.24, 2.45) is 5.92 Å². The van der Waals surface area contributed by atoms with Crippen molar-refractivity contribution in [2.75, 3.05) is 6.54 Å². The number of benzene rings is 1. The van der Waals surface area contributed by atoms with E-state index in [-0.39, 0.29) is 22.6 Å². The molecule has 0 unspecified atom stereocenters. The molecule has 0 radical (unpaired) electrons. The molecule has 0 aliphatic heterocycles. The van der Waals surface area contributed by atoms with Crippen LogP contribution in [0.4, 0.5) is 0 Å². The second-order valence-corrected chi connectivity index (χ2v) is 9.31. The molecule has 158 valence electrons. The minimum atomic E-state index is -0.770. The van der Waals surface area contributed by atoms with E-state index in [1.54, 1.807) is 0 Å². The van der Waals surface area contributed by atoms with Crippen molar-refractivity contribution in [1.29, 1.82) is 0 Å². The molecule has 1 aliphatic rings. The lowest BCUT2D eigenvalue weighted by Crippen LogP contribution is -2.59. The molecule has 1 aromatic carbocycles. The molecule has 7 heteroatoms. The summed E-state index contributed by atoms with van der Waals surface area (Å²) in [5.41, 5.74) is 2.05. The van der Waals surface area contributed by atoms with E-state index in [1.807, 2.05) is 39.0 Å². The van der Waals surface area contributed by atoms with Crippen LogP contribution in [0.5, 0.6) is 0 Å². The molecule has 0 spiro atoms. The van der Waals surface area contributed by atoms with Crippen LogP contribution in [0.1, 0.15) is 57.4 Å². The van der Waals surface area contributed by atoms with Crippen molar-refractivity contribution in [3.05, 3.63) is 29.7 Å². The Morgan fingerprint density at radius 2 is 2.00 bits per heavy atom. The predicted octanol–water partition coefficient (Wildman–Crippen LogP) is 4.03. The fourth-order valence-electron chi connectivity index (χ4n) is 3.90. The fourth-order valence-corrected chi connectivity index (χ4v) is 4.01. The van der Waals surface area contributed by atoms with Crippen LogP contribution in [0.3, 0.4) is 0 Å². The average molecular weight is 464 g/mol. The van der Waals surface area contributed by atoms with E-state index in [0.29, 0.717) is 25.3 Å². The van der Waals surface area contributed by atoms with E-state index in [0.717, 1.165) is 42.3 Å². The van der Waals surface area contributed by atoms with Gasteiger partial charge in [-0.2, -0.15) is 0 Å². The van der Waals surface area contributed by atoms with Crippen molar-refractivity contribution in [3.63, 3.8) is 0 Å². The number of nitrogens with one attached hydrogen (secondary N) is 2. The van der Waals surface area contributed by atoms with Gasteiger partial charge in [0.15, 0.2) is 11.5 Å². The number of oxazole rings is 1. The zero-order valence-corrected chi connectivity index (χ0v) is 19.0. The summed E-state index contributed by atoms with van der Waals surface area (Å²) in [5, 5.41) is 6.08. The third kappa shape index (κ3) is 5.18. The Morgan fingerprint density at radius 3 is 2.69 bits per heavy atom. The van der Waals surface area contributed by atoms with Crippen LogP contribution >= 0.6 is 15.9 Å². The number of rotatable bonds is 8. The SMILES string of the molecule is Cc1nc2ccc(CCCNC(=O)C3(NC(=O)[C@@H](Br)C(C)C)CCCC3)cc2o1. The Kier molecular flexibility index (Phi) is 6.98. The normalized spacial score (nSPS) is 16.9. The van der Waals surface area contributed by atoms with Crippen LogP contribution in [-0.4, -0.2) is 33.7 Å². The standard InChI is InChI=1S/C22H30BrN3O3/c1-14(2)19(23)20(27)26-22(10-4-5-11-22)21(28)24-12-6-7-16-8-9-17-18(13-16)29-15(3)25-17/h8-9,13-14,19H,4-7,10-12H2,1-3H3,(H,24,28)(H,26,27)/t19-/m0/s1. The van der Waals surface area contributed by atoms with Gasteiger partial charge in [-0.3, -0.25) is 9.59 Å². The molecule has 1 saturated carbocycles. The lowest BCUT2D eigenvalue weighted by Gasteiger charge is -2.30. The van der Waals surface area contributed by atoms with Gasteiger partial charge in [0.05, 0.1) is 4.83 Å². The molecule has 2 N–H and O–H groups in total. The lowest BCUT2D eigenvalue weighted by atomic mass is 9.95. The maximum absolute atomic E-state index is 12.9. The van der Waals surface area contributed by atoms with Crippen LogP contribution in [0.2, 0.25) is 0 Å².